The standard InChI is InChI=1S/C34H26N6O17S5.C5H13NO2.Li.Na/c35-20-6-3-18-10-28(61(52,53)54)31(33(41)24(18)12-20)39-37-21-7-4-16(26(13-21)59(46,47)48)1-2-17-5-8-22(14-27(17)60(49,50)51)38-40-32-29(62(55,56)57)11-19-9-23(58(43,44)45)15-25(36)30(19)34(32)42;1-6(2-4-7)3-5-8;;/h1-15,41-42H,35-36H2,(H,43,44,45)(H,46,47,48)(H,49,50,51)(H,52,53,54)(H,55,56,57);7-8H,2-5H2,1H3;;/q;;2*+1/p-3/b2-1+,39-37?,40-38?;;;. The van der Waals surface area contributed by atoms with E-state index in [2.05, 4.69) is 20.5 Å². The molecule has 0 radical (unpaired) electrons. The molecule has 0 saturated heterocycles. The first kappa shape index (κ1) is 61.3. The summed E-state index contributed by atoms with van der Waals surface area (Å²) in [5.41, 5.74) is 7.59. The molecule has 0 bridgehead atoms. The number of quaternary nitrogens is 1. The van der Waals surface area contributed by atoms with Crippen molar-refractivity contribution in [3.63, 3.8) is 0 Å². The Bertz CT molecular complexity index is 3750. The maximum atomic E-state index is 12.4. The molecule has 26 nitrogen and oxygen atoms in total. The van der Waals surface area contributed by atoms with Crippen LogP contribution in [0.2, 0.25) is 0 Å². The summed E-state index contributed by atoms with van der Waals surface area (Å²) >= 11 is 0. The van der Waals surface area contributed by atoms with Crippen molar-refractivity contribution in [3.05, 3.63) is 90.0 Å². The zero-order valence-electron chi connectivity index (χ0n) is 37.4. The van der Waals surface area contributed by atoms with Crippen LogP contribution >= 0.6 is 0 Å². The third kappa shape index (κ3) is 15.1. The molecule has 0 aliphatic heterocycles. The quantitative estimate of drug-likeness (QED) is 0.0159. The fourth-order valence-corrected chi connectivity index (χ4v) is 9.58. The number of nitrogens with zero attached hydrogens (tertiary/aromatic N) is 4. The number of hydrogen-bond acceptors (Lipinski definition) is 24. The fraction of sp³-hybridized carbons (Fsp3) is 0.128. The summed E-state index contributed by atoms with van der Waals surface area (Å²) in [6.07, 6.45) is 1.85. The molecule has 72 heavy (non-hydrogen) atoms. The summed E-state index contributed by atoms with van der Waals surface area (Å²) in [5.74, 6) is -1.93. The average molecular weight is 1100 g/mol. The molecule has 0 aromatic heterocycles. The number of aliphatic hydroxyl groups is 2. The van der Waals surface area contributed by atoms with Gasteiger partial charge in [-0.3, -0.25) is 4.55 Å². The van der Waals surface area contributed by atoms with E-state index in [4.69, 9.17) is 21.7 Å². The predicted octanol–water partition coefficient (Wildman–Crippen LogP) is -4.07. The molecule has 0 spiro atoms. The number of hydrogen-bond donors (Lipinski definition) is 8. The maximum absolute atomic E-state index is 12.4. The van der Waals surface area contributed by atoms with Crippen molar-refractivity contribution in [3.8, 4) is 11.5 Å². The predicted molar refractivity (Wildman–Crippen MR) is 243 cm³/mol. The van der Waals surface area contributed by atoms with Gasteiger partial charge in [-0.1, -0.05) is 30.4 Å². The normalized spacial score (nSPS) is 12.6. The molecule has 374 valence electrons. The van der Waals surface area contributed by atoms with Gasteiger partial charge in [0.2, 0.25) is 0 Å². The van der Waals surface area contributed by atoms with Crippen LogP contribution in [0.4, 0.5) is 34.1 Å². The third-order valence-corrected chi connectivity index (χ3v) is 14.0. The van der Waals surface area contributed by atoms with E-state index in [-0.39, 0.29) is 83.7 Å². The molecule has 0 saturated carbocycles. The van der Waals surface area contributed by atoms with Crippen LogP contribution < -0.4 is 64.8 Å². The van der Waals surface area contributed by atoms with Crippen LogP contribution in [-0.4, -0.2) is 119 Å². The Balaban J connectivity index is 0.00000126. The van der Waals surface area contributed by atoms with E-state index in [1.54, 1.807) is 0 Å². The van der Waals surface area contributed by atoms with Crippen molar-refractivity contribution in [2.45, 2.75) is 24.5 Å². The van der Waals surface area contributed by atoms with Gasteiger partial charge < -0.3 is 55.0 Å². The summed E-state index contributed by atoms with van der Waals surface area (Å²) in [6.45, 7) is 1.85. The zero-order chi connectivity index (χ0) is 52.3. The van der Waals surface area contributed by atoms with Crippen LogP contribution in [0, 0.1) is 0 Å². The number of aliphatic hydroxyl groups excluding tert-OH is 2. The second-order valence-corrected chi connectivity index (χ2v) is 21.4. The van der Waals surface area contributed by atoms with Gasteiger partial charge >= 0.3 is 48.4 Å². The molecule has 0 fully saturated rings. The van der Waals surface area contributed by atoms with Crippen LogP contribution in [0.3, 0.4) is 0 Å². The number of anilines is 2. The fourth-order valence-electron chi connectivity index (χ4n) is 6.36. The van der Waals surface area contributed by atoms with Crippen molar-refractivity contribution in [1.82, 2.24) is 0 Å². The molecule has 0 heterocycles. The summed E-state index contributed by atoms with van der Waals surface area (Å²) in [7, 11) is -24.6. The first-order chi connectivity index (χ1) is 32.3. The van der Waals surface area contributed by atoms with Crippen LogP contribution in [-0.2, 0) is 50.6 Å². The van der Waals surface area contributed by atoms with E-state index in [9.17, 15) is 75.1 Å². The second kappa shape index (κ2) is 23.9. The molecule has 6 rings (SSSR count). The minimum Gasteiger partial charge on any atom is -0.744 e. The summed E-state index contributed by atoms with van der Waals surface area (Å²) in [5, 5.41) is 52.1. The second-order valence-electron chi connectivity index (χ2n) is 14.6. The molecule has 6 aromatic rings. The van der Waals surface area contributed by atoms with Gasteiger partial charge in [0.25, 0.3) is 10.1 Å². The smallest absolute Gasteiger partial charge is 0.744 e. The summed E-state index contributed by atoms with van der Waals surface area (Å²) in [6, 6.07) is 12.1. The molecule has 0 aliphatic carbocycles. The average Bonchev–Trinajstić information content (AvgIpc) is 3.24. The third-order valence-electron chi connectivity index (χ3n) is 9.65. The van der Waals surface area contributed by atoms with Gasteiger partial charge in [-0.15, -0.1) is 10.2 Å². The molecule has 33 heteroatoms. The number of fused-ring (bicyclic) bond motifs is 2. The van der Waals surface area contributed by atoms with Crippen LogP contribution in [0.15, 0.2) is 124 Å². The van der Waals surface area contributed by atoms with E-state index >= 15 is 0 Å². The molecule has 0 aliphatic rings. The number of benzene rings is 6. The molecular formula is C39H36LiN7NaO19S5-. The number of aromatic hydroxyl groups is 2. The van der Waals surface area contributed by atoms with Crippen LogP contribution in [0.25, 0.3) is 33.7 Å². The Labute approximate surface area is 444 Å². The van der Waals surface area contributed by atoms with Gasteiger partial charge in [-0.2, -0.15) is 18.6 Å². The Hall–Kier alpha value is -4.99. The molecule has 10 N–H and O–H groups in total. The maximum Gasteiger partial charge on any atom is 1.00 e. The van der Waals surface area contributed by atoms with Gasteiger partial charge in [0.15, 0.2) is 11.5 Å². The molecule has 0 amide bonds. The number of azo groups is 2. The number of phenolic OH excluding ortho intramolecular Hbond substituents is 2. The summed E-state index contributed by atoms with van der Waals surface area (Å²) in [4.78, 5) is -3.94. The first-order valence-corrected chi connectivity index (χ1v) is 26.2. The van der Waals surface area contributed by atoms with Crippen molar-refractivity contribution in [1.29, 1.82) is 0 Å². The van der Waals surface area contributed by atoms with Crippen molar-refractivity contribution in [2.24, 2.45) is 20.5 Å². The van der Waals surface area contributed by atoms with Crippen LogP contribution in [0.5, 0.6) is 11.5 Å². The van der Waals surface area contributed by atoms with Crippen LogP contribution in [0.1, 0.15) is 11.1 Å². The Kier molecular flexibility index (Phi) is 20.4. The zero-order valence-corrected chi connectivity index (χ0v) is 43.5. The molecule has 0 atom stereocenters. The van der Waals surface area contributed by atoms with Crippen molar-refractivity contribution >= 4 is 118 Å². The number of nitrogens with two attached hydrogens (primary N) is 2. The molecule has 0 unspecified atom stereocenters. The van der Waals surface area contributed by atoms with E-state index in [0.717, 1.165) is 60.5 Å². The number of rotatable bonds is 15. The molecular weight excluding hydrogens is 1060 g/mol. The van der Waals surface area contributed by atoms with Gasteiger partial charge in [-0.25, -0.2) is 33.7 Å². The minimum atomic E-state index is -5.54. The van der Waals surface area contributed by atoms with Crippen molar-refractivity contribution in [2.75, 3.05) is 44.8 Å². The first-order valence-electron chi connectivity index (χ1n) is 19.1. The topological polar surface area (TPSA) is 470 Å². The largest absolute Gasteiger partial charge is 1.00 e. The van der Waals surface area contributed by atoms with E-state index < -0.39 is 131 Å². The summed E-state index contributed by atoms with van der Waals surface area (Å²) < 4.78 is 179. The molecule has 6 aromatic carbocycles. The van der Waals surface area contributed by atoms with Gasteiger partial charge in [-0.05, 0) is 82.6 Å². The SMILES string of the molecule is C[NH+](CCO)CCO.Nc1ccc2cc(S(=O)(=O)[O-])c(N=Nc3ccc(/C=C/c4ccc(N=Nc5c(S(=O)(=O)[O-])cc6cc(S(=O)(=O)[O-])cc(N)c6c5O)cc4S(=O)(=O)O)c(S(=O)(=O)[O-])c3)c(O)c2c1.[Li+].[Na+]. The Morgan fingerprint density at radius 2 is 1.03 bits per heavy atom. The monoisotopic (exact) mass is 1100 g/mol. The Morgan fingerprint density at radius 1 is 0.569 bits per heavy atom. The minimum absolute atomic E-state index is 0. The van der Waals surface area contributed by atoms with Gasteiger partial charge in [0.1, 0.15) is 69.8 Å². The number of likely N-dealkylation sites (N-methyl/N-ethyl adjacent to an activating group) is 1. The van der Waals surface area contributed by atoms with Crippen molar-refractivity contribution < 1.29 is 139 Å². The Morgan fingerprint density at radius 3 is 1.49 bits per heavy atom. The van der Waals surface area contributed by atoms with E-state index in [1.807, 2.05) is 7.05 Å². The van der Waals surface area contributed by atoms with Gasteiger partial charge in [0.05, 0.1) is 51.2 Å². The number of phenols is 2. The number of nitrogens with one attached hydrogen (secondary N) is 1. The van der Waals surface area contributed by atoms with Gasteiger partial charge in [0, 0.05) is 22.1 Å². The number of nitrogen functional groups attached to an aromatic ring is 2. The van der Waals surface area contributed by atoms with E-state index in [1.165, 1.54) is 18.2 Å². The van der Waals surface area contributed by atoms with E-state index in [0.29, 0.717) is 30.3 Å².